The van der Waals surface area contributed by atoms with E-state index >= 15 is 0 Å². The highest BCUT2D eigenvalue weighted by molar-refractivity contribution is 5.90. The zero-order valence-electron chi connectivity index (χ0n) is 12.0. The molecule has 1 amide bonds. The lowest BCUT2D eigenvalue weighted by Crippen LogP contribution is -2.13. The van der Waals surface area contributed by atoms with E-state index in [0.29, 0.717) is 23.6 Å². The number of fused-ring (bicyclic) bond motifs is 1. The monoisotopic (exact) mass is 288 g/mol. The first-order chi connectivity index (χ1) is 9.50. The number of H-pyrrole nitrogens is 1. The predicted molar refractivity (Wildman–Crippen MR) is 74.2 cm³/mol. The van der Waals surface area contributed by atoms with Crippen LogP contribution in [-0.2, 0) is 11.2 Å². The van der Waals surface area contributed by atoms with E-state index in [4.69, 9.17) is 5.73 Å². The molecule has 20 heavy (non-hydrogen) atoms. The fourth-order valence-electron chi connectivity index (χ4n) is 1.76. The minimum atomic E-state index is -0.921. The number of carbonyl (C=O) groups is 1. The van der Waals surface area contributed by atoms with Gasteiger partial charge in [0.1, 0.15) is 0 Å². The fraction of sp³-hybridized carbons (Fsp3) is 0.357. The lowest BCUT2D eigenvalue weighted by atomic mass is 10.1. The molecule has 0 saturated heterocycles. The summed E-state index contributed by atoms with van der Waals surface area (Å²) in [7, 11) is 0.500. The van der Waals surface area contributed by atoms with Crippen molar-refractivity contribution in [1.82, 2.24) is 4.98 Å². The number of aromatic amines is 1. The summed E-state index contributed by atoms with van der Waals surface area (Å²) in [6, 6.07) is 1.08. The summed E-state index contributed by atoms with van der Waals surface area (Å²) in [6.45, 7) is 5.48. The molecule has 1 aromatic carbocycles. The van der Waals surface area contributed by atoms with E-state index in [1.165, 1.54) is 6.92 Å². The van der Waals surface area contributed by atoms with Crippen molar-refractivity contribution in [3.8, 4) is 0 Å². The van der Waals surface area contributed by atoms with Gasteiger partial charge in [-0.25, -0.2) is 8.78 Å². The molecule has 3 N–H and O–H groups in total. The molecule has 0 aliphatic carbocycles. The van der Waals surface area contributed by atoms with Crippen LogP contribution in [0.15, 0.2) is 12.3 Å². The zero-order valence-corrected chi connectivity index (χ0v) is 12.0. The highest BCUT2D eigenvalue weighted by Gasteiger charge is 2.14. The molecule has 1 aromatic heterocycles. The van der Waals surface area contributed by atoms with Crippen LogP contribution in [0, 0.1) is 18.6 Å². The van der Waals surface area contributed by atoms with Crippen LogP contribution in [0.2, 0.25) is 0 Å². The van der Waals surface area contributed by atoms with Crippen LogP contribution in [0.4, 0.5) is 13.2 Å². The van der Waals surface area contributed by atoms with Gasteiger partial charge in [-0.2, -0.15) is 0 Å². The molecule has 2 aromatic rings. The topological polar surface area (TPSA) is 58.9 Å². The maximum atomic E-state index is 13.2. The van der Waals surface area contributed by atoms with Gasteiger partial charge in [-0.15, -0.1) is 0 Å². The molecule has 0 spiro atoms. The van der Waals surface area contributed by atoms with E-state index in [0.717, 1.165) is 6.07 Å². The maximum absolute atomic E-state index is 13.2. The Bertz CT molecular complexity index is 579. The molecule has 3 nitrogen and oxygen atoms in total. The Kier molecular flexibility index (Phi) is 7.43. The number of halogens is 3. The van der Waals surface area contributed by atoms with Gasteiger partial charge in [0, 0.05) is 17.1 Å². The molecule has 0 bridgehead atoms. The number of aryl methyl sites for hydroxylation is 1. The third-order valence-electron chi connectivity index (χ3n) is 2.56. The molecule has 112 valence electrons. The van der Waals surface area contributed by atoms with Crippen LogP contribution in [0.3, 0.4) is 0 Å². The second-order valence-corrected chi connectivity index (χ2v) is 3.68. The summed E-state index contributed by atoms with van der Waals surface area (Å²) in [5.41, 5.74) is 6.33. The Labute approximate surface area is 116 Å². The minimum absolute atomic E-state index is 0.00448. The van der Waals surface area contributed by atoms with E-state index in [9.17, 15) is 18.0 Å². The van der Waals surface area contributed by atoms with Crippen molar-refractivity contribution in [2.75, 3.05) is 7.18 Å². The third kappa shape index (κ3) is 3.76. The first-order valence-corrected chi connectivity index (χ1v) is 6.11. The molecule has 0 aliphatic rings. The molecule has 0 aliphatic heterocycles. The van der Waals surface area contributed by atoms with Gasteiger partial charge in [0.2, 0.25) is 5.91 Å². The van der Waals surface area contributed by atoms with Gasteiger partial charge in [-0.05, 0) is 18.6 Å². The number of benzene rings is 1. The highest BCUT2D eigenvalue weighted by atomic mass is 19.2. The first-order valence-electron chi connectivity index (χ1n) is 6.11. The number of amides is 1. The fourth-order valence-corrected chi connectivity index (χ4v) is 1.76. The van der Waals surface area contributed by atoms with Gasteiger partial charge in [0.15, 0.2) is 11.6 Å². The van der Waals surface area contributed by atoms with Gasteiger partial charge in [-0.1, -0.05) is 13.8 Å². The van der Waals surface area contributed by atoms with E-state index in [1.54, 1.807) is 6.20 Å². The second kappa shape index (κ2) is 8.24. The SMILES string of the molecule is CC.CF.Cc1c(F)c(F)cc2c(CC(N)=O)c[nH]c12. The van der Waals surface area contributed by atoms with Crippen LogP contribution < -0.4 is 5.73 Å². The summed E-state index contributed by atoms with van der Waals surface area (Å²) in [5.74, 6) is -2.31. The summed E-state index contributed by atoms with van der Waals surface area (Å²) in [5, 5.41) is 0.496. The molecule has 0 unspecified atom stereocenters. The number of hydrogen-bond donors (Lipinski definition) is 2. The Morgan fingerprint density at radius 3 is 2.35 bits per heavy atom. The second-order valence-electron chi connectivity index (χ2n) is 3.68. The van der Waals surface area contributed by atoms with Gasteiger partial charge in [0.05, 0.1) is 19.1 Å². The number of aromatic nitrogens is 1. The maximum Gasteiger partial charge on any atom is 0.221 e. The number of carbonyl (C=O) groups excluding carboxylic acids is 1. The number of rotatable bonds is 2. The highest BCUT2D eigenvalue weighted by Crippen LogP contribution is 2.25. The lowest BCUT2D eigenvalue weighted by molar-refractivity contribution is -0.117. The smallest absolute Gasteiger partial charge is 0.221 e. The predicted octanol–water partition coefficient (Wildman–Crippen LogP) is 3.39. The quantitative estimate of drug-likeness (QED) is 0.874. The number of nitrogens with two attached hydrogens (primary N) is 1. The summed E-state index contributed by atoms with van der Waals surface area (Å²) < 4.78 is 35.9. The molecule has 2 rings (SSSR count). The Morgan fingerprint density at radius 1 is 1.30 bits per heavy atom. The first kappa shape index (κ1) is 18.0. The number of hydrogen-bond acceptors (Lipinski definition) is 1. The van der Waals surface area contributed by atoms with Crippen molar-refractivity contribution in [2.45, 2.75) is 27.2 Å². The van der Waals surface area contributed by atoms with Crippen molar-refractivity contribution in [2.24, 2.45) is 5.73 Å². The molecule has 0 radical (unpaired) electrons. The Morgan fingerprint density at radius 2 is 1.85 bits per heavy atom. The van der Waals surface area contributed by atoms with Crippen LogP contribution in [0.1, 0.15) is 25.0 Å². The summed E-state index contributed by atoms with van der Waals surface area (Å²) >= 11 is 0. The van der Waals surface area contributed by atoms with Gasteiger partial charge < -0.3 is 10.7 Å². The van der Waals surface area contributed by atoms with E-state index in [2.05, 4.69) is 4.98 Å². The number of nitrogens with one attached hydrogen (secondary N) is 1. The minimum Gasteiger partial charge on any atom is -0.369 e. The van der Waals surface area contributed by atoms with Gasteiger partial charge in [-0.3, -0.25) is 9.18 Å². The molecule has 0 atom stereocenters. The van der Waals surface area contributed by atoms with Crippen LogP contribution in [0.25, 0.3) is 10.9 Å². The average Bonchev–Trinajstić information content (AvgIpc) is 2.83. The van der Waals surface area contributed by atoms with Crippen LogP contribution >= 0.6 is 0 Å². The van der Waals surface area contributed by atoms with Crippen molar-refractivity contribution in [1.29, 1.82) is 0 Å². The lowest BCUT2D eigenvalue weighted by Gasteiger charge is -2.01. The zero-order chi connectivity index (χ0) is 15.9. The normalized spacial score (nSPS) is 9.35. The van der Waals surface area contributed by atoms with E-state index in [-0.39, 0.29) is 12.0 Å². The van der Waals surface area contributed by atoms with Crippen LogP contribution in [-0.4, -0.2) is 18.1 Å². The van der Waals surface area contributed by atoms with E-state index < -0.39 is 17.5 Å². The van der Waals surface area contributed by atoms with Crippen molar-refractivity contribution >= 4 is 16.8 Å². The molecule has 1 heterocycles. The molecular formula is C14H19F3N2O. The van der Waals surface area contributed by atoms with Gasteiger partial charge in [0.25, 0.3) is 0 Å². The van der Waals surface area contributed by atoms with Crippen molar-refractivity contribution < 1.29 is 18.0 Å². The molecular weight excluding hydrogens is 269 g/mol. The average molecular weight is 288 g/mol. The summed E-state index contributed by atoms with van der Waals surface area (Å²) in [6.07, 6.45) is 1.55. The summed E-state index contributed by atoms with van der Waals surface area (Å²) in [4.78, 5) is 13.6. The molecule has 0 saturated carbocycles. The molecule has 0 fully saturated rings. The van der Waals surface area contributed by atoms with Crippen molar-refractivity contribution in [3.63, 3.8) is 0 Å². The van der Waals surface area contributed by atoms with Crippen LogP contribution in [0.5, 0.6) is 0 Å². The Hall–Kier alpha value is -1.98. The van der Waals surface area contributed by atoms with Crippen molar-refractivity contribution in [3.05, 3.63) is 35.0 Å². The number of primary amides is 1. The molecule has 6 heteroatoms. The third-order valence-corrected chi connectivity index (χ3v) is 2.56. The van der Waals surface area contributed by atoms with Gasteiger partial charge >= 0.3 is 0 Å². The Balaban J connectivity index is 0.000000829. The number of alkyl halides is 1. The largest absolute Gasteiger partial charge is 0.369 e. The van der Waals surface area contributed by atoms with E-state index in [1.807, 2.05) is 13.8 Å². The standard InChI is InChI=1S/C11H10F2N2O.C2H6.CH3F/c1-5-10(13)8(12)3-7-6(2-9(14)16)4-15-11(5)7;2*1-2/h3-4,15H,2H2,1H3,(H2,14,16);1-2H3;1H3.